The van der Waals surface area contributed by atoms with E-state index in [4.69, 9.17) is 0 Å². The Kier molecular flexibility index (Phi) is 3.76. The average molecular weight is 226 g/mol. The minimum absolute atomic E-state index is 0.496. The van der Waals surface area contributed by atoms with Crippen LogP contribution < -0.4 is 5.32 Å². The molecule has 2 heteroatoms. The highest BCUT2D eigenvalue weighted by Gasteiger charge is 2.05. The molecule has 0 fully saturated rings. The summed E-state index contributed by atoms with van der Waals surface area (Å²) in [4.78, 5) is 4.13. The van der Waals surface area contributed by atoms with Gasteiger partial charge in [-0.15, -0.1) is 0 Å². The van der Waals surface area contributed by atoms with Crippen molar-refractivity contribution in [1.29, 1.82) is 0 Å². The van der Waals surface area contributed by atoms with Crippen molar-refractivity contribution in [2.24, 2.45) is 0 Å². The number of anilines is 1. The average Bonchev–Trinajstić information content (AvgIpc) is 2.38. The molecule has 1 atom stereocenters. The lowest BCUT2D eigenvalue weighted by atomic mass is 10.0. The van der Waals surface area contributed by atoms with Crippen molar-refractivity contribution in [1.82, 2.24) is 4.98 Å². The molecule has 0 bridgehead atoms. The molecule has 0 aliphatic carbocycles. The van der Waals surface area contributed by atoms with Crippen LogP contribution in [0.1, 0.15) is 24.0 Å². The molecule has 2 nitrogen and oxygen atoms in total. The number of hydrogen-bond acceptors (Lipinski definition) is 2. The van der Waals surface area contributed by atoms with E-state index in [1.54, 1.807) is 0 Å². The van der Waals surface area contributed by atoms with Crippen LogP contribution in [0.25, 0.3) is 0 Å². The van der Waals surface area contributed by atoms with Crippen LogP contribution in [-0.4, -0.2) is 11.5 Å². The molecule has 17 heavy (non-hydrogen) atoms. The molecule has 0 aliphatic rings. The SMILES string of the molecule is Cc1ccncc1NCC(C)c1ccccc1. The van der Waals surface area contributed by atoms with Crippen LogP contribution in [0.3, 0.4) is 0 Å². The highest BCUT2D eigenvalue weighted by molar-refractivity contribution is 5.48. The number of rotatable bonds is 4. The number of aromatic nitrogens is 1. The molecule has 0 spiro atoms. The largest absolute Gasteiger partial charge is 0.383 e. The minimum Gasteiger partial charge on any atom is -0.383 e. The fraction of sp³-hybridized carbons (Fsp3) is 0.267. The molecule has 2 aromatic rings. The summed E-state index contributed by atoms with van der Waals surface area (Å²) in [6.07, 6.45) is 3.70. The summed E-state index contributed by atoms with van der Waals surface area (Å²) in [5.41, 5.74) is 3.72. The van der Waals surface area contributed by atoms with Gasteiger partial charge in [0.25, 0.3) is 0 Å². The normalized spacial score (nSPS) is 12.1. The molecule has 88 valence electrons. The lowest BCUT2D eigenvalue weighted by Gasteiger charge is -2.14. The molecule has 0 radical (unpaired) electrons. The first-order valence-electron chi connectivity index (χ1n) is 5.97. The molecular formula is C15H18N2. The summed E-state index contributed by atoms with van der Waals surface area (Å²) >= 11 is 0. The van der Waals surface area contributed by atoms with E-state index in [9.17, 15) is 0 Å². The van der Waals surface area contributed by atoms with E-state index in [0.717, 1.165) is 12.2 Å². The van der Waals surface area contributed by atoms with Crippen molar-refractivity contribution < 1.29 is 0 Å². The molecule has 1 aromatic carbocycles. The predicted molar refractivity (Wildman–Crippen MR) is 72.3 cm³/mol. The molecule has 1 unspecified atom stereocenters. The van der Waals surface area contributed by atoms with Crippen molar-refractivity contribution in [3.63, 3.8) is 0 Å². The summed E-state index contributed by atoms with van der Waals surface area (Å²) in [7, 11) is 0. The van der Waals surface area contributed by atoms with E-state index in [-0.39, 0.29) is 0 Å². The van der Waals surface area contributed by atoms with Crippen molar-refractivity contribution in [2.45, 2.75) is 19.8 Å². The smallest absolute Gasteiger partial charge is 0.0556 e. The minimum atomic E-state index is 0.496. The Balaban J connectivity index is 1.97. The number of benzene rings is 1. The fourth-order valence-corrected chi connectivity index (χ4v) is 1.81. The Labute approximate surface area is 103 Å². The van der Waals surface area contributed by atoms with Gasteiger partial charge in [0.2, 0.25) is 0 Å². The Bertz CT molecular complexity index is 465. The summed E-state index contributed by atoms with van der Waals surface area (Å²) in [6, 6.07) is 12.6. The lowest BCUT2D eigenvalue weighted by Crippen LogP contribution is -2.10. The van der Waals surface area contributed by atoms with Crippen molar-refractivity contribution >= 4 is 5.69 Å². The van der Waals surface area contributed by atoms with Crippen molar-refractivity contribution in [3.8, 4) is 0 Å². The summed E-state index contributed by atoms with van der Waals surface area (Å²) in [5.74, 6) is 0.496. The van der Waals surface area contributed by atoms with E-state index in [1.807, 2.05) is 18.5 Å². The summed E-state index contributed by atoms with van der Waals surface area (Å²) < 4.78 is 0. The van der Waals surface area contributed by atoms with Crippen LogP contribution in [0.4, 0.5) is 5.69 Å². The maximum absolute atomic E-state index is 4.13. The highest BCUT2D eigenvalue weighted by atomic mass is 14.9. The second-order valence-electron chi connectivity index (χ2n) is 4.38. The highest BCUT2D eigenvalue weighted by Crippen LogP contribution is 2.17. The monoisotopic (exact) mass is 226 g/mol. The Morgan fingerprint density at radius 1 is 1.18 bits per heavy atom. The molecular weight excluding hydrogens is 208 g/mol. The first-order chi connectivity index (χ1) is 8.27. The summed E-state index contributed by atoms with van der Waals surface area (Å²) in [6.45, 7) is 5.25. The van der Waals surface area contributed by atoms with Gasteiger partial charge in [-0.3, -0.25) is 4.98 Å². The molecule has 0 saturated carbocycles. The van der Waals surface area contributed by atoms with Gasteiger partial charge in [0, 0.05) is 12.7 Å². The van der Waals surface area contributed by atoms with Crippen molar-refractivity contribution in [2.75, 3.05) is 11.9 Å². The van der Waals surface area contributed by atoms with Gasteiger partial charge >= 0.3 is 0 Å². The first kappa shape index (κ1) is 11.6. The van der Waals surface area contributed by atoms with Gasteiger partial charge in [-0.1, -0.05) is 37.3 Å². The second kappa shape index (κ2) is 5.48. The topological polar surface area (TPSA) is 24.9 Å². The third kappa shape index (κ3) is 3.06. The Morgan fingerprint density at radius 3 is 2.65 bits per heavy atom. The molecule has 2 rings (SSSR count). The molecule has 0 saturated heterocycles. The maximum atomic E-state index is 4.13. The first-order valence-corrected chi connectivity index (χ1v) is 5.97. The van der Waals surface area contributed by atoms with Crippen LogP contribution in [0.15, 0.2) is 48.8 Å². The number of nitrogens with one attached hydrogen (secondary N) is 1. The fourth-order valence-electron chi connectivity index (χ4n) is 1.81. The van der Waals surface area contributed by atoms with Crippen molar-refractivity contribution in [3.05, 3.63) is 59.9 Å². The standard InChI is InChI=1S/C15H18N2/c1-12-8-9-16-11-15(12)17-10-13(2)14-6-4-3-5-7-14/h3-9,11,13,17H,10H2,1-2H3. The Hall–Kier alpha value is -1.83. The van der Waals surface area contributed by atoms with Crippen LogP contribution in [-0.2, 0) is 0 Å². The number of pyridine rings is 1. The molecule has 1 aromatic heterocycles. The molecule has 1 N–H and O–H groups in total. The van der Waals surface area contributed by atoms with Crippen LogP contribution in [0, 0.1) is 6.92 Å². The quantitative estimate of drug-likeness (QED) is 0.861. The second-order valence-corrected chi connectivity index (χ2v) is 4.38. The molecule has 0 amide bonds. The zero-order valence-corrected chi connectivity index (χ0v) is 10.4. The van der Waals surface area contributed by atoms with Gasteiger partial charge in [-0.2, -0.15) is 0 Å². The summed E-state index contributed by atoms with van der Waals surface area (Å²) in [5, 5.41) is 3.45. The van der Waals surface area contributed by atoms with Gasteiger partial charge in [0.15, 0.2) is 0 Å². The predicted octanol–water partition coefficient (Wildman–Crippen LogP) is 3.61. The number of aryl methyl sites for hydroxylation is 1. The van der Waals surface area contributed by atoms with E-state index >= 15 is 0 Å². The zero-order valence-electron chi connectivity index (χ0n) is 10.4. The van der Waals surface area contributed by atoms with Crippen LogP contribution >= 0.6 is 0 Å². The zero-order chi connectivity index (χ0) is 12.1. The third-order valence-electron chi connectivity index (χ3n) is 3.01. The van der Waals surface area contributed by atoms with Gasteiger partial charge in [-0.05, 0) is 30.0 Å². The van der Waals surface area contributed by atoms with E-state index in [2.05, 4.69) is 54.5 Å². The van der Waals surface area contributed by atoms with Gasteiger partial charge in [-0.25, -0.2) is 0 Å². The van der Waals surface area contributed by atoms with Gasteiger partial charge in [0.1, 0.15) is 0 Å². The maximum Gasteiger partial charge on any atom is 0.0556 e. The molecule has 0 aliphatic heterocycles. The van der Waals surface area contributed by atoms with Crippen LogP contribution in [0.5, 0.6) is 0 Å². The lowest BCUT2D eigenvalue weighted by molar-refractivity contribution is 0.803. The molecule has 1 heterocycles. The third-order valence-corrected chi connectivity index (χ3v) is 3.01. The number of nitrogens with zero attached hydrogens (tertiary/aromatic N) is 1. The van der Waals surface area contributed by atoms with E-state index in [0.29, 0.717) is 5.92 Å². The number of hydrogen-bond donors (Lipinski definition) is 1. The van der Waals surface area contributed by atoms with E-state index < -0.39 is 0 Å². The van der Waals surface area contributed by atoms with Gasteiger partial charge < -0.3 is 5.32 Å². The van der Waals surface area contributed by atoms with Gasteiger partial charge in [0.05, 0.1) is 11.9 Å². The van der Waals surface area contributed by atoms with E-state index in [1.165, 1.54) is 11.1 Å². The van der Waals surface area contributed by atoms with Crippen LogP contribution in [0.2, 0.25) is 0 Å². The Morgan fingerprint density at radius 2 is 1.94 bits per heavy atom.